The number of sulfonamides is 1. The fourth-order valence-electron chi connectivity index (χ4n) is 2.78. The molecule has 0 atom stereocenters. The van der Waals surface area contributed by atoms with Gasteiger partial charge in [0.2, 0.25) is 10.0 Å². The minimum Gasteiger partial charge on any atom is -0.351 e. The number of rotatable bonds is 6. The van der Waals surface area contributed by atoms with Gasteiger partial charge in [-0.05, 0) is 49.7 Å². The number of fused-ring (bicyclic) bond motifs is 1. The molecule has 28 heavy (non-hydrogen) atoms. The third-order valence-electron chi connectivity index (χ3n) is 4.22. The topological polar surface area (TPSA) is 88.2 Å². The molecule has 3 aromatic rings. The standard InChI is InChI=1S/C20H20ClN3O3S/c1-13-6-7-15-11-18(14(2)24-19(15)10-13)20(25)22-8-9-23-28(26,27)17-5-3-4-16(21)12-17/h3-7,10-12,23H,8-9H2,1-2H3,(H,22,25). The van der Waals surface area contributed by atoms with Crippen LogP contribution in [0.1, 0.15) is 21.6 Å². The van der Waals surface area contributed by atoms with Gasteiger partial charge in [0.25, 0.3) is 5.91 Å². The van der Waals surface area contributed by atoms with Crippen LogP contribution < -0.4 is 10.0 Å². The van der Waals surface area contributed by atoms with E-state index in [1.807, 2.05) is 25.1 Å². The second-order valence-corrected chi connectivity index (χ2v) is 8.63. The molecule has 1 aromatic heterocycles. The summed E-state index contributed by atoms with van der Waals surface area (Å²) in [6, 6.07) is 13.6. The van der Waals surface area contributed by atoms with Gasteiger partial charge in [-0.25, -0.2) is 13.1 Å². The first kappa shape index (κ1) is 20.3. The number of pyridine rings is 1. The first-order valence-electron chi connectivity index (χ1n) is 8.68. The second kappa shape index (κ2) is 8.26. The van der Waals surface area contributed by atoms with Crippen molar-refractivity contribution in [2.75, 3.05) is 13.1 Å². The first-order chi connectivity index (χ1) is 13.3. The van der Waals surface area contributed by atoms with Crippen molar-refractivity contribution in [3.8, 4) is 0 Å². The van der Waals surface area contributed by atoms with Gasteiger partial charge in [-0.2, -0.15) is 0 Å². The molecular weight excluding hydrogens is 398 g/mol. The van der Waals surface area contributed by atoms with E-state index in [0.29, 0.717) is 16.3 Å². The third-order valence-corrected chi connectivity index (χ3v) is 5.91. The average Bonchev–Trinajstić information content (AvgIpc) is 2.64. The fraction of sp³-hybridized carbons (Fsp3) is 0.200. The van der Waals surface area contributed by atoms with Crippen LogP contribution in [0.4, 0.5) is 0 Å². The lowest BCUT2D eigenvalue weighted by Crippen LogP contribution is -2.35. The summed E-state index contributed by atoms with van der Waals surface area (Å²) in [7, 11) is -3.68. The molecule has 0 fully saturated rings. The molecule has 0 saturated heterocycles. The summed E-state index contributed by atoms with van der Waals surface area (Å²) in [5.74, 6) is -0.297. The summed E-state index contributed by atoms with van der Waals surface area (Å²) in [5.41, 5.74) is 3.02. The summed E-state index contributed by atoms with van der Waals surface area (Å²) >= 11 is 5.83. The normalized spacial score (nSPS) is 11.5. The summed E-state index contributed by atoms with van der Waals surface area (Å²) < 4.78 is 26.9. The van der Waals surface area contributed by atoms with Gasteiger partial charge in [-0.15, -0.1) is 0 Å². The molecule has 2 aromatic carbocycles. The Morgan fingerprint density at radius 3 is 2.61 bits per heavy atom. The summed E-state index contributed by atoms with van der Waals surface area (Å²) in [5, 5.41) is 3.94. The molecule has 0 aliphatic heterocycles. The van der Waals surface area contributed by atoms with Gasteiger partial charge in [0.05, 0.1) is 21.7 Å². The van der Waals surface area contributed by atoms with Crippen molar-refractivity contribution in [2.45, 2.75) is 18.7 Å². The molecule has 0 radical (unpaired) electrons. The zero-order valence-electron chi connectivity index (χ0n) is 15.5. The van der Waals surface area contributed by atoms with Crippen LogP contribution >= 0.6 is 11.6 Å². The lowest BCUT2D eigenvalue weighted by molar-refractivity contribution is 0.0953. The summed E-state index contributed by atoms with van der Waals surface area (Å²) in [6.07, 6.45) is 0. The molecule has 0 saturated carbocycles. The van der Waals surface area contributed by atoms with Crippen LogP contribution in [-0.4, -0.2) is 32.4 Å². The van der Waals surface area contributed by atoms with Crippen molar-refractivity contribution in [2.24, 2.45) is 0 Å². The Morgan fingerprint density at radius 1 is 1.07 bits per heavy atom. The Labute approximate surface area is 169 Å². The van der Waals surface area contributed by atoms with E-state index >= 15 is 0 Å². The van der Waals surface area contributed by atoms with Crippen LogP contribution in [0.5, 0.6) is 0 Å². The number of nitrogens with one attached hydrogen (secondary N) is 2. The van der Waals surface area contributed by atoms with Gasteiger partial charge in [0, 0.05) is 23.5 Å². The molecular formula is C20H20ClN3O3S. The highest BCUT2D eigenvalue weighted by Gasteiger charge is 2.15. The highest BCUT2D eigenvalue weighted by atomic mass is 35.5. The van der Waals surface area contributed by atoms with Crippen LogP contribution in [0.3, 0.4) is 0 Å². The number of nitrogens with zero attached hydrogens (tertiary/aromatic N) is 1. The van der Waals surface area contributed by atoms with Crippen LogP contribution in [0, 0.1) is 13.8 Å². The van der Waals surface area contributed by atoms with E-state index in [1.165, 1.54) is 12.1 Å². The quantitative estimate of drug-likeness (QED) is 0.603. The van der Waals surface area contributed by atoms with Gasteiger partial charge in [-0.3, -0.25) is 9.78 Å². The molecule has 0 aliphatic carbocycles. The van der Waals surface area contributed by atoms with E-state index in [4.69, 9.17) is 11.6 Å². The zero-order valence-corrected chi connectivity index (χ0v) is 17.1. The monoisotopic (exact) mass is 417 g/mol. The minimum atomic E-state index is -3.68. The Balaban J connectivity index is 1.62. The molecule has 0 aliphatic rings. The van der Waals surface area contributed by atoms with Crippen molar-refractivity contribution in [3.05, 3.63) is 70.4 Å². The molecule has 8 heteroatoms. The van der Waals surface area contributed by atoms with Crippen LogP contribution in [-0.2, 0) is 10.0 Å². The highest BCUT2D eigenvalue weighted by molar-refractivity contribution is 7.89. The van der Waals surface area contributed by atoms with Gasteiger partial charge >= 0.3 is 0 Å². The van der Waals surface area contributed by atoms with E-state index in [0.717, 1.165) is 16.5 Å². The Bertz CT molecular complexity index is 1150. The molecule has 1 amide bonds. The van der Waals surface area contributed by atoms with E-state index in [1.54, 1.807) is 25.1 Å². The molecule has 2 N–H and O–H groups in total. The maximum Gasteiger partial charge on any atom is 0.253 e. The lowest BCUT2D eigenvalue weighted by Gasteiger charge is -2.10. The number of carbonyl (C=O) groups is 1. The smallest absolute Gasteiger partial charge is 0.253 e. The number of carbonyl (C=O) groups excluding carboxylic acids is 1. The van der Waals surface area contributed by atoms with Gasteiger partial charge in [0.15, 0.2) is 0 Å². The molecule has 0 spiro atoms. The number of amides is 1. The Kier molecular flexibility index (Phi) is 5.98. The van der Waals surface area contributed by atoms with E-state index in [2.05, 4.69) is 15.0 Å². The summed E-state index contributed by atoms with van der Waals surface area (Å²) in [6.45, 7) is 3.96. The average molecular weight is 418 g/mol. The Morgan fingerprint density at radius 2 is 1.86 bits per heavy atom. The number of hydrogen-bond donors (Lipinski definition) is 2. The largest absolute Gasteiger partial charge is 0.351 e. The number of halogens is 1. The maximum absolute atomic E-state index is 12.5. The van der Waals surface area contributed by atoms with E-state index < -0.39 is 10.0 Å². The first-order valence-corrected chi connectivity index (χ1v) is 10.5. The minimum absolute atomic E-state index is 0.0554. The van der Waals surface area contributed by atoms with Crippen LogP contribution in [0.15, 0.2) is 53.4 Å². The number of aromatic nitrogens is 1. The number of hydrogen-bond acceptors (Lipinski definition) is 4. The predicted octanol–water partition coefficient (Wildman–Crippen LogP) is 3.21. The summed E-state index contributed by atoms with van der Waals surface area (Å²) in [4.78, 5) is 17.0. The van der Waals surface area contributed by atoms with Crippen molar-refractivity contribution in [1.82, 2.24) is 15.0 Å². The van der Waals surface area contributed by atoms with Gasteiger partial charge in [-0.1, -0.05) is 29.8 Å². The predicted molar refractivity (Wildman–Crippen MR) is 110 cm³/mol. The van der Waals surface area contributed by atoms with Crippen molar-refractivity contribution >= 4 is 38.4 Å². The maximum atomic E-state index is 12.5. The van der Waals surface area contributed by atoms with E-state index in [-0.39, 0.29) is 23.9 Å². The van der Waals surface area contributed by atoms with Crippen molar-refractivity contribution in [1.29, 1.82) is 0 Å². The SMILES string of the molecule is Cc1ccc2cc(C(=O)NCCNS(=O)(=O)c3cccc(Cl)c3)c(C)nc2c1. The number of aryl methyl sites for hydroxylation is 2. The fourth-order valence-corrected chi connectivity index (χ4v) is 4.11. The molecule has 1 heterocycles. The molecule has 3 rings (SSSR count). The Hall–Kier alpha value is -2.48. The van der Waals surface area contributed by atoms with Crippen molar-refractivity contribution < 1.29 is 13.2 Å². The van der Waals surface area contributed by atoms with Gasteiger partial charge < -0.3 is 5.32 Å². The van der Waals surface area contributed by atoms with Crippen LogP contribution in [0.2, 0.25) is 5.02 Å². The third kappa shape index (κ3) is 4.67. The van der Waals surface area contributed by atoms with E-state index in [9.17, 15) is 13.2 Å². The molecule has 6 nitrogen and oxygen atoms in total. The number of benzene rings is 2. The second-order valence-electron chi connectivity index (χ2n) is 6.43. The zero-order chi connectivity index (χ0) is 20.3. The van der Waals surface area contributed by atoms with Crippen molar-refractivity contribution in [3.63, 3.8) is 0 Å². The van der Waals surface area contributed by atoms with Gasteiger partial charge in [0.1, 0.15) is 0 Å². The molecule has 0 unspecified atom stereocenters. The highest BCUT2D eigenvalue weighted by Crippen LogP contribution is 2.18. The lowest BCUT2D eigenvalue weighted by atomic mass is 10.1. The van der Waals surface area contributed by atoms with Crippen LogP contribution in [0.25, 0.3) is 10.9 Å². The molecule has 146 valence electrons. The molecule has 0 bridgehead atoms.